The number of para-hydroxylation sites is 1. The number of nitrogens with zero attached hydrogens (tertiary/aromatic N) is 1. The van der Waals surface area contributed by atoms with Crippen LogP contribution in [0.1, 0.15) is 54.9 Å². The molecule has 0 amide bonds. The first-order chi connectivity index (χ1) is 15.6. The van der Waals surface area contributed by atoms with E-state index in [-0.39, 0.29) is 22.7 Å². The van der Waals surface area contributed by atoms with Gasteiger partial charge in [-0.25, -0.2) is 0 Å². The van der Waals surface area contributed by atoms with Crippen molar-refractivity contribution in [1.82, 2.24) is 0 Å². The van der Waals surface area contributed by atoms with Crippen LogP contribution in [0.25, 0.3) is 0 Å². The molecule has 2 aromatic carbocycles. The summed E-state index contributed by atoms with van der Waals surface area (Å²) in [5, 5.41) is 10.5. The number of Topliss-reactive ketones (excluding diaryl/α,β-unsaturated/α-hetero) is 1. The van der Waals surface area contributed by atoms with Gasteiger partial charge >= 0.3 is 0 Å². The van der Waals surface area contributed by atoms with Crippen molar-refractivity contribution in [3.8, 4) is 11.8 Å². The van der Waals surface area contributed by atoms with Gasteiger partial charge in [-0.2, -0.15) is 5.26 Å². The van der Waals surface area contributed by atoms with Gasteiger partial charge in [0.2, 0.25) is 5.88 Å². The Bertz CT molecular complexity index is 1250. The maximum absolute atomic E-state index is 13.3. The van der Waals surface area contributed by atoms with E-state index in [0.717, 1.165) is 22.3 Å². The van der Waals surface area contributed by atoms with Gasteiger partial charge in [-0.3, -0.25) is 4.79 Å². The van der Waals surface area contributed by atoms with Crippen LogP contribution in [0.3, 0.4) is 0 Å². The van der Waals surface area contributed by atoms with Crippen molar-refractivity contribution in [3.63, 3.8) is 0 Å². The van der Waals surface area contributed by atoms with Gasteiger partial charge in [0.25, 0.3) is 0 Å². The lowest BCUT2D eigenvalue weighted by atomic mass is 9.69. The number of nitriles is 1. The van der Waals surface area contributed by atoms with Gasteiger partial charge in [0.15, 0.2) is 5.78 Å². The number of carbonyl (C=O) groups excluding carboxylic acids is 1. The third-order valence-electron chi connectivity index (χ3n) is 6.33. The lowest BCUT2D eigenvalue weighted by molar-refractivity contribution is -0.119. The largest absolute Gasteiger partial charge is 0.487 e. The Balaban J connectivity index is 1.79. The molecule has 1 aliphatic heterocycles. The SMILES string of the molecule is Cc1cc(C)c(C2C(C#N)=C(N)OC3=C2C(=O)CC(C)(C)C3)cc1COc1ccccc1Cl. The van der Waals surface area contributed by atoms with Crippen LogP contribution in [0.15, 0.2) is 59.2 Å². The number of ketones is 1. The number of carbonyl (C=O) groups is 1. The van der Waals surface area contributed by atoms with Gasteiger partial charge in [-0.05, 0) is 53.6 Å². The van der Waals surface area contributed by atoms with Gasteiger partial charge in [0.05, 0.1) is 10.9 Å². The van der Waals surface area contributed by atoms with E-state index in [1.54, 1.807) is 6.07 Å². The van der Waals surface area contributed by atoms with Gasteiger partial charge in [-0.15, -0.1) is 0 Å². The second-order valence-corrected chi connectivity index (χ2v) is 9.96. The van der Waals surface area contributed by atoms with E-state index in [1.165, 1.54) is 0 Å². The molecule has 2 aromatic rings. The summed E-state index contributed by atoms with van der Waals surface area (Å²) < 4.78 is 11.8. The molecule has 1 atom stereocenters. The number of ether oxygens (including phenoxy) is 2. The summed E-state index contributed by atoms with van der Waals surface area (Å²) >= 11 is 6.24. The summed E-state index contributed by atoms with van der Waals surface area (Å²) in [6.07, 6.45) is 0.995. The highest BCUT2D eigenvalue weighted by Gasteiger charge is 2.43. The van der Waals surface area contributed by atoms with Gasteiger partial charge in [0.1, 0.15) is 29.8 Å². The highest BCUT2D eigenvalue weighted by molar-refractivity contribution is 6.32. The number of nitrogens with two attached hydrogens (primary N) is 1. The second kappa shape index (κ2) is 8.61. The fraction of sp³-hybridized carbons (Fsp3) is 0.333. The maximum Gasteiger partial charge on any atom is 0.205 e. The van der Waals surface area contributed by atoms with Crippen molar-refractivity contribution in [1.29, 1.82) is 5.26 Å². The zero-order valence-electron chi connectivity index (χ0n) is 19.3. The maximum atomic E-state index is 13.3. The quantitative estimate of drug-likeness (QED) is 0.603. The van der Waals surface area contributed by atoms with Crippen molar-refractivity contribution in [2.75, 3.05) is 0 Å². The number of benzene rings is 2. The van der Waals surface area contributed by atoms with E-state index in [9.17, 15) is 10.1 Å². The van der Waals surface area contributed by atoms with Crippen molar-refractivity contribution in [2.24, 2.45) is 11.1 Å². The minimum absolute atomic E-state index is 0.000317. The molecule has 4 rings (SSSR count). The van der Waals surface area contributed by atoms with Crippen molar-refractivity contribution >= 4 is 17.4 Å². The average molecular weight is 463 g/mol. The number of hydrogen-bond acceptors (Lipinski definition) is 5. The molecule has 1 unspecified atom stereocenters. The van der Waals surface area contributed by atoms with Crippen molar-refractivity contribution in [2.45, 2.75) is 53.1 Å². The van der Waals surface area contributed by atoms with Crippen molar-refractivity contribution < 1.29 is 14.3 Å². The van der Waals surface area contributed by atoms with E-state index in [1.807, 2.05) is 52.0 Å². The Labute approximate surface area is 199 Å². The Morgan fingerprint density at radius 3 is 2.64 bits per heavy atom. The minimum Gasteiger partial charge on any atom is -0.487 e. The topological polar surface area (TPSA) is 85.3 Å². The third-order valence-corrected chi connectivity index (χ3v) is 6.64. The summed E-state index contributed by atoms with van der Waals surface area (Å²) in [7, 11) is 0. The zero-order chi connectivity index (χ0) is 23.9. The first-order valence-electron chi connectivity index (χ1n) is 10.9. The summed E-state index contributed by atoms with van der Waals surface area (Å²) in [4.78, 5) is 13.3. The molecule has 0 fully saturated rings. The van der Waals surface area contributed by atoms with Crippen LogP contribution in [0.4, 0.5) is 0 Å². The highest BCUT2D eigenvalue weighted by atomic mass is 35.5. The molecule has 2 aliphatic rings. The molecule has 0 radical (unpaired) electrons. The number of allylic oxidation sites excluding steroid dienone is 3. The van der Waals surface area contributed by atoms with Crippen LogP contribution >= 0.6 is 11.6 Å². The van der Waals surface area contributed by atoms with Crippen LogP contribution < -0.4 is 10.5 Å². The molecular formula is C27H27ClN2O3. The normalized spacial score (nSPS) is 19.6. The van der Waals surface area contributed by atoms with Crippen LogP contribution in [0, 0.1) is 30.6 Å². The smallest absolute Gasteiger partial charge is 0.205 e. The Hall–Kier alpha value is -3.23. The molecule has 5 nitrogen and oxygen atoms in total. The lowest BCUT2D eigenvalue weighted by Crippen LogP contribution is -2.33. The molecule has 1 heterocycles. The summed E-state index contributed by atoms with van der Waals surface area (Å²) in [6, 6.07) is 13.6. The fourth-order valence-electron chi connectivity index (χ4n) is 4.70. The second-order valence-electron chi connectivity index (χ2n) is 9.56. The predicted molar refractivity (Wildman–Crippen MR) is 127 cm³/mol. The van der Waals surface area contributed by atoms with Crippen LogP contribution in [0.5, 0.6) is 5.75 Å². The Morgan fingerprint density at radius 1 is 1.21 bits per heavy atom. The van der Waals surface area contributed by atoms with Crippen LogP contribution in [-0.4, -0.2) is 5.78 Å². The lowest BCUT2D eigenvalue weighted by Gasteiger charge is -2.37. The van der Waals surface area contributed by atoms with Crippen LogP contribution in [0.2, 0.25) is 5.02 Å². The van der Waals surface area contributed by atoms with E-state index in [2.05, 4.69) is 12.1 Å². The van der Waals surface area contributed by atoms with Gasteiger partial charge in [0, 0.05) is 18.4 Å². The molecule has 6 heteroatoms. The minimum atomic E-state index is -0.554. The van der Waals surface area contributed by atoms with E-state index in [4.69, 9.17) is 26.8 Å². The third kappa shape index (κ3) is 4.36. The van der Waals surface area contributed by atoms with Gasteiger partial charge < -0.3 is 15.2 Å². The first kappa shape index (κ1) is 22.9. The first-order valence-corrected chi connectivity index (χ1v) is 11.3. The predicted octanol–water partition coefficient (Wildman–Crippen LogP) is 5.99. The van der Waals surface area contributed by atoms with E-state index in [0.29, 0.717) is 41.6 Å². The molecular weight excluding hydrogens is 436 g/mol. The van der Waals surface area contributed by atoms with E-state index < -0.39 is 5.92 Å². The fourth-order valence-corrected chi connectivity index (χ4v) is 4.89. The molecule has 33 heavy (non-hydrogen) atoms. The van der Waals surface area contributed by atoms with Crippen molar-refractivity contribution in [3.05, 3.63) is 86.5 Å². The number of hydrogen-bond donors (Lipinski definition) is 1. The molecule has 1 aliphatic carbocycles. The summed E-state index contributed by atoms with van der Waals surface area (Å²) in [6.45, 7) is 8.38. The monoisotopic (exact) mass is 462 g/mol. The number of rotatable bonds is 4. The molecule has 0 aromatic heterocycles. The molecule has 170 valence electrons. The number of aryl methyl sites for hydroxylation is 2. The molecule has 0 spiro atoms. The molecule has 0 saturated heterocycles. The van der Waals surface area contributed by atoms with E-state index >= 15 is 0 Å². The Kier molecular flexibility index (Phi) is 5.99. The highest BCUT2D eigenvalue weighted by Crippen LogP contribution is 2.48. The van der Waals surface area contributed by atoms with Gasteiger partial charge in [-0.1, -0.05) is 49.7 Å². The molecule has 2 N–H and O–H groups in total. The summed E-state index contributed by atoms with van der Waals surface area (Å²) in [5.41, 5.74) is 10.6. The zero-order valence-corrected chi connectivity index (χ0v) is 20.0. The standard InChI is InChI=1S/C27H27ClN2O3/c1-15-9-16(2)18(10-17(15)14-32-22-8-6-5-7-20(22)28)24-19(13-29)26(30)33-23-12-27(3,4)11-21(31)25(23)24/h5-10,24H,11-12,14,30H2,1-4H3. The van der Waals surface area contributed by atoms with Crippen LogP contribution in [-0.2, 0) is 16.1 Å². The number of halogens is 1. The summed E-state index contributed by atoms with van der Waals surface area (Å²) in [5.74, 6) is 0.692. The molecule has 0 bridgehead atoms. The molecule has 0 saturated carbocycles. The Morgan fingerprint density at radius 2 is 1.94 bits per heavy atom. The average Bonchev–Trinajstić information content (AvgIpc) is 2.72.